The van der Waals surface area contributed by atoms with Crippen LogP contribution in [-0.4, -0.2) is 120 Å². The van der Waals surface area contributed by atoms with Crippen LogP contribution < -0.4 is 0 Å². The third-order valence-corrected chi connectivity index (χ3v) is 9.85. The van der Waals surface area contributed by atoms with Crippen LogP contribution in [0.2, 0.25) is 0 Å². The van der Waals surface area contributed by atoms with Gasteiger partial charge in [-0.2, -0.15) is 0 Å². The molecule has 15 heteroatoms. The zero-order chi connectivity index (χ0) is 47.4. The SMILES string of the molecule is C.C=CC1CCCCC1=O.C=CCC1CCCCC1=O.C=CCCC(=O)OCC1CO1.C=CCCC(=O)OCCC1CO1.C=CCOC(=O)C1(C)COC(=O)OC1.C=CCOCC1CO1. The number of cyclic esters (lactones) is 2. The van der Waals surface area contributed by atoms with Gasteiger partial charge in [0.2, 0.25) is 0 Å². The summed E-state index contributed by atoms with van der Waals surface area (Å²) in [6.07, 6.45) is 22.7. The van der Waals surface area contributed by atoms with E-state index in [1.807, 2.05) is 6.08 Å². The molecule has 6 rings (SSSR count). The molecule has 6 fully saturated rings. The van der Waals surface area contributed by atoms with Gasteiger partial charge in [-0.3, -0.25) is 24.0 Å². The molecule has 0 spiro atoms. The van der Waals surface area contributed by atoms with E-state index in [2.05, 4.69) is 48.9 Å². The van der Waals surface area contributed by atoms with Gasteiger partial charge in [-0.05, 0) is 51.9 Å². The zero-order valence-electron chi connectivity index (χ0n) is 38.2. The zero-order valence-corrected chi connectivity index (χ0v) is 38.2. The lowest BCUT2D eigenvalue weighted by molar-refractivity contribution is -0.164. The molecule has 65 heavy (non-hydrogen) atoms. The van der Waals surface area contributed by atoms with Crippen LogP contribution in [0, 0.1) is 17.3 Å². The molecule has 5 unspecified atom stereocenters. The molecule has 368 valence electrons. The van der Waals surface area contributed by atoms with Crippen LogP contribution in [0.3, 0.4) is 0 Å². The maximum absolute atomic E-state index is 11.4. The maximum Gasteiger partial charge on any atom is 0.508 e. The number of esters is 3. The molecule has 6 aliphatic rings. The lowest BCUT2D eigenvalue weighted by atomic mass is 9.86. The van der Waals surface area contributed by atoms with Crippen molar-refractivity contribution in [3.05, 3.63) is 75.9 Å². The van der Waals surface area contributed by atoms with Crippen LogP contribution in [0.15, 0.2) is 75.9 Å². The van der Waals surface area contributed by atoms with Crippen LogP contribution >= 0.6 is 0 Å². The van der Waals surface area contributed by atoms with E-state index in [-0.39, 0.29) is 51.2 Å². The molecule has 0 aromatic heterocycles. The minimum absolute atomic E-state index is 0. The summed E-state index contributed by atoms with van der Waals surface area (Å²) in [4.78, 5) is 65.8. The monoisotopic (exact) mass is 919 g/mol. The molecule has 0 aromatic carbocycles. The van der Waals surface area contributed by atoms with Crippen LogP contribution in [0.4, 0.5) is 4.79 Å². The highest BCUT2D eigenvalue weighted by atomic mass is 16.7. The second-order valence-electron chi connectivity index (χ2n) is 15.8. The van der Waals surface area contributed by atoms with Gasteiger partial charge in [0.15, 0.2) is 0 Å². The predicted octanol–water partition coefficient (Wildman–Crippen LogP) is 8.55. The van der Waals surface area contributed by atoms with Crippen molar-refractivity contribution in [1.82, 2.24) is 0 Å². The molecule has 0 aromatic rings. The Morgan fingerprint density at radius 2 is 1.20 bits per heavy atom. The number of hydrogen-bond acceptors (Lipinski definition) is 15. The van der Waals surface area contributed by atoms with Crippen molar-refractivity contribution in [3.8, 4) is 0 Å². The van der Waals surface area contributed by atoms with E-state index in [4.69, 9.17) is 33.2 Å². The van der Waals surface area contributed by atoms with Crippen LogP contribution in [0.25, 0.3) is 0 Å². The van der Waals surface area contributed by atoms with Gasteiger partial charge in [-0.15, -0.1) is 32.9 Å². The summed E-state index contributed by atoms with van der Waals surface area (Å²) >= 11 is 0. The second kappa shape index (κ2) is 37.5. The van der Waals surface area contributed by atoms with Gasteiger partial charge in [-0.1, -0.05) is 63.3 Å². The molecule has 4 heterocycles. The summed E-state index contributed by atoms with van der Waals surface area (Å²) in [5.41, 5.74) is -0.906. The molecule has 15 nitrogen and oxygen atoms in total. The number of carbonyl (C=O) groups excluding carboxylic acids is 6. The number of hydrogen-bond donors (Lipinski definition) is 0. The third-order valence-electron chi connectivity index (χ3n) is 9.85. The van der Waals surface area contributed by atoms with Crippen molar-refractivity contribution in [2.24, 2.45) is 17.3 Å². The first-order valence-corrected chi connectivity index (χ1v) is 22.3. The second-order valence-corrected chi connectivity index (χ2v) is 15.8. The smallest absolute Gasteiger partial charge is 0.466 e. The summed E-state index contributed by atoms with van der Waals surface area (Å²) in [5.74, 6) is 0.563. The van der Waals surface area contributed by atoms with Gasteiger partial charge in [0, 0.05) is 43.9 Å². The highest BCUT2D eigenvalue weighted by Gasteiger charge is 2.41. The topological polar surface area (TPSA) is 195 Å². The fourth-order valence-corrected chi connectivity index (χ4v) is 5.63. The molecule has 4 aliphatic heterocycles. The average molecular weight is 919 g/mol. The van der Waals surface area contributed by atoms with Crippen molar-refractivity contribution in [3.63, 3.8) is 0 Å². The summed E-state index contributed by atoms with van der Waals surface area (Å²) in [6, 6.07) is 0. The van der Waals surface area contributed by atoms with Gasteiger partial charge in [-0.25, -0.2) is 4.79 Å². The lowest BCUT2D eigenvalue weighted by Crippen LogP contribution is -2.44. The summed E-state index contributed by atoms with van der Waals surface area (Å²) < 4.78 is 43.6. The van der Waals surface area contributed by atoms with Gasteiger partial charge >= 0.3 is 24.1 Å². The number of ether oxygens (including phenoxy) is 9. The number of epoxide rings is 3. The van der Waals surface area contributed by atoms with E-state index in [1.165, 1.54) is 18.9 Å². The normalized spacial score (nSPS) is 22.4. The fraction of sp³-hybridized carbons (Fsp3) is 0.640. The van der Waals surface area contributed by atoms with Crippen molar-refractivity contribution in [1.29, 1.82) is 0 Å². The van der Waals surface area contributed by atoms with Crippen LogP contribution in [0.5, 0.6) is 0 Å². The molecule has 0 N–H and O–H groups in total. The molecular formula is C50H78O15. The Hall–Kier alpha value is -4.70. The van der Waals surface area contributed by atoms with Crippen molar-refractivity contribution >= 4 is 35.6 Å². The number of Topliss-reactive ketones (excluding diaryl/α,β-unsaturated/α-hetero) is 2. The minimum atomic E-state index is -0.906. The Morgan fingerprint density at radius 3 is 1.68 bits per heavy atom. The highest BCUT2D eigenvalue weighted by molar-refractivity contribution is 5.83. The van der Waals surface area contributed by atoms with E-state index in [0.29, 0.717) is 75.2 Å². The molecule has 0 radical (unpaired) electrons. The quantitative estimate of drug-likeness (QED) is 0.0349. The molecule has 2 saturated carbocycles. The first-order chi connectivity index (χ1) is 30.9. The maximum atomic E-state index is 11.4. The Labute approximate surface area is 387 Å². The van der Waals surface area contributed by atoms with Crippen molar-refractivity contribution in [2.75, 3.05) is 66.1 Å². The Balaban J connectivity index is 0.000000760. The van der Waals surface area contributed by atoms with Crippen molar-refractivity contribution in [2.45, 2.75) is 123 Å². The highest BCUT2D eigenvalue weighted by Crippen LogP contribution is 2.25. The average Bonchev–Trinajstić information content (AvgIpc) is 4.14. The van der Waals surface area contributed by atoms with E-state index >= 15 is 0 Å². The lowest BCUT2D eigenvalue weighted by Gasteiger charge is -2.29. The van der Waals surface area contributed by atoms with Crippen LogP contribution in [0.1, 0.15) is 104 Å². The number of carbonyl (C=O) groups is 6. The Bertz CT molecular complexity index is 1450. The fourth-order valence-electron chi connectivity index (χ4n) is 5.63. The van der Waals surface area contributed by atoms with E-state index < -0.39 is 17.5 Å². The summed E-state index contributed by atoms with van der Waals surface area (Å²) in [5, 5.41) is 0. The molecule has 0 amide bonds. The van der Waals surface area contributed by atoms with Gasteiger partial charge < -0.3 is 42.6 Å². The van der Waals surface area contributed by atoms with Crippen molar-refractivity contribution < 1.29 is 71.4 Å². The number of allylic oxidation sites excluding steroid dienone is 4. The molecule has 5 atom stereocenters. The van der Waals surface area contributed by atoms with E-state index in [0.717, 1.165) is 77.8 Å². The van der Waals surface area contributed by atoms with Gasteiger partial charge in [0.1, 0.15) is 55.6 Å². The summed E-state index contributed by atoms with van der Waals surface area (Å²) in [6.45, 7) is 27.6. The van der Waals surface area contributed by atoms with Gasteiger partial charge in [0.25, 0.3) is 0 Å². The largest absolute Gasteiger partial charge is 0.508 e. The summed E-state index contributed by atoms with van der Waals surface area (Å²) in [7, 11) is 0. The standard InChI is InChI=1S/C9H12O5.C9H14O3.C9H14O.C8H12O3.C8H12O.C6H10O2.CH4/c1-3-4-12-7(10)9(2)5-13-8(11)14-6-9;1-2-3-4-9(10)11-6-5-8-7-12-8;1-2-5-8-6-3-4-7-9(8)10;1-2-3-4-8(9)11-6-7-5-10-7;1-2-7-5-3-4-6-8(7)9;1-2-3-7-4-6-5-8-6;/h3H,1,4-6H2,2H3;2,8H,1,3-7H2;2,8H,1,3-7H2;2,7H,1,3-6H2;2,7H,1,3-6H2;2,6H,1,3-5H2;1H4. The number of rotatable bonds is 21. The predicted molar refractivity (Wildman–Crippen MR) is 248 cm³/mol. The molecule has 2 aliphatic carbocycles. The first-order valence-electron chi connectivity index (χ1n) is 22.3. The molecule has 0 bridgehead atoms. The van der Waals surface area contributed by atoms with E-state index in [9.17, 15) is 28.8 Å². The third kappa shape index (κ3) is 32.6. The Kier molecular flexibility index (Phi) is 34.8. The number of ketones is 2. The Morgan fingerprint density at radius 1 is 0.662 bits per heavy atom. The van der Waals surface area contributed by atoms with E-state index in [1.54, 1.807) is 31.2 Å². The minimum Gasteiger partial charge on any atom is -0.466 e. The molecule has 4 saturated heterocycles. The van der Waals surface area contributed by atoms with Crippen LogP contribution in [-0.2, 0) is 66.6 Å². The molecular weight excluding hydrogens is 841 g/mol. The first kappa shape index (κ1) is 60.3. The van der Waals surface area contributed by atoms with Gasteiger partial charge in [0.05, 0.1) is 45.7 Å².